The van der Waals surface area contributed by atoms with Crippen LogP contribution in [0.1, 0.15) is 17.8 Å². The molecule has 10 heteroatoms. The lowest BCUT2D eigenvalue weighted by Gasteiger charge is -2.60. The molecular formula is C23H25ClN8O. The van der Waals surface area contributed by atoms with Crippen molar-refractivity contribution >= 4 is 23.4 Å². The van der Waals surface area contributed by atoms with Gasteiger partial charge in [-0.25, -0.2) is 4.98 Å². The first kappa shape index (κ1) is 19.7. The number of halogens is 1. The highest BCUT2D eigenvalue weighted by molar-refractivity contribution is 6.30. The second-order valence-electron chi connectivity index (χ2n) is 9.72. The zero-order chi connectivity index (χ0) is 22.0. The van der Waals surface area contributed by atoms with Gasteiger partial charge in [-0.3, -0.25) is 14.5 Å². The third-order valence-corrected chi connectivity index (χ3v) is 7.63. The maximum Gasteiger partial charge on any atom is 0.231 e. The first-order valence-corrected chi connectivity index (χ1v) is 11.9. The molecule has 170 valence electrons. The Balaban J connectivity index is 1.16. The van der Waals surface area contributed by atoms with Crippen molar-refractivity contribution in [2.24, 2.45) is 5.41 Å². The van der Waals surface area contributed by atoms with Crippen molar-refractivity contribution in [3.05, 3.63) is 53.2 Å². The molecule has 3 aromatic rings. The van der Waals surface area contributed by atoms with Gasteiger partial charge in [0.2, 0.25) is 5.95 Å². The van der Waals surface area contributed by atoms with Crippen LogP contribution in [0.5, 0.6) is 0 Å². The first-order chi connectivity index (χ1) is 16.2. The molecule has 1 aromatic carbocycles. The number of anilines is 2. The minimum atomic E-state index is 0.296. The van der Waals surface area contributed by atoms with Crippen LogP contribution in [0.4, 0.5) is 11.8 Å². The van der Waals surface area contributed by atoms with Crippen LogP contribution < -0.4 is 9.80 Å². The summed E-state index contributed by atoms with van der Waals surface area (Å²) < 4.78 is 7.92. The van der Waals surface area contributed by atoms with Crippen LogP contribution in [0.2, 0.25) is 5.02 Å². The van der Waals surface area contributed by atoms with Crippen LogP contribution >= 0.6 is 11.6 Å². The molecule has 0 amide bonds. The lowest BCUT2D eigenvalue weighted by atomic mass is 9.73. The molecule has 9 nitrogen and oxygen atoms in total. The summed E-state index contributed by atoms with van der Waals surface area (Å²) in [5, 5.41) is 10.1. The second kappa shape index (κ2) is 7.38. The summed E-state index contributed by atoms with van der Waals surface area (Å²) in [5.74, 6) is 2.87. The van der Waals surface area contributed by atoms with Gasteiger partial charge in [-0.05, 0) is 30.2 Å². The largest absolute Gasteiger partial charge is 0.380 e. The predicted molar refractivity (Wildman–Crippen MR) is 124 cm³/mol. The van der Waals surface area contributed by atoms with Crippen LogP contribution in [-0.4, -0.2) is 75.1 Å². The van der Waals surface area contributed by atoms with Gasteiger partial charge in [0.25, 0.3) is 0 Å². The van der Waals surface area contributed by atoms with E-state index in [9.17, 15) is 0 Å². The second-order valence-corrected chi connectivity index (χ2v) is 10.2. The maximum atomic E-state index is 6.40. The SMILES string of the molecule is Clc1ccc2c(c1)CN([C@H]1CCOC1)Cc1nnc(N3CC4(CN(c5cnccn5)C4)C3)n1-2. The molecule has 2 aromatic heterocycles. The fourth-order valence-electron chi connectivity index (χ4n) is 5.77. The lowest BCUT2D eigenvalue weighted by Crippen LogP contribution is -2.73. The van der Waals surface area contributed by atoms with Gasteiger partial charge in [0, 0.05) is 68.2 Å². The van der Waals surface area contributed by atoms with Gasteiger partial charge in [-0.2, -0.15) is 0 Å². The molecule has 0 saturated carbocycles. The Kier molecular flexibility index (Phi) is 4.40. The fraction of sp³-hybridized carbons (Fsp3) is 0.478. The average molecular weight is 465 g/mol. The fourth-order valence-corrected chi connectivity index (χ4v) is 5.96. The molecule has 4 aliphatic heterocycles. The van der Waals surface area contributed by atoms with E-state index in [0.29, 0.717) is 11.5 Å². The van der Waals surface area contributed by atoms with Crippen LogP contribution in [0.15, 0.2) is 36.8 Å². The van der Waals surface area contributed by atoms with Crippen molar-refractivity contribution in [3.8, 4) is 5.69 Å². The van der Waals surface area contributed by atoms with E-state index < -0.39 is 0 Å². The van der Waals surface area contributed by atoms with E-state index in [-0.39, 0.29) is 0 Å². The summed E-state index contributed by atoms with van der Waals surface area (Å²) in [4.78, 5) is 15.7. The smallest absolute Gasteiger partial charge is 0.231 e. The molecule has 1 atom stereocenters. The molecule has 0 radical (unpaired) electrons. The Morgan fingerprint density at radius 3 is 2.70 bits per heavy atom. The average Bonchev–Trinajstić information content (AvgIpc) is 3.41. The number of hydrogen-bond donors (Lipinski definition) is 0. The van der Waals surface area contributed by atoms with Crippen LogP contribution in [0.25, 0.3) is 5.69 Å². The summed E-state index contributed by atoms with van der Waals surface area (Å²) in [6, 6.07) is 6.56. The lowest BCUT2D eigenvalue weighted by molar-refractivity contribution is 0.133. The monoisotopic (exact) mass is 464 g/mol. The number of benzene rings is 1. The Morgan fingerprint density at radius 1 is 1.03 bits per heavy atom. The Labute approximate surface area is 196 Å². The van der Waals surface area contributed by atoms with E-state index in [4.69, 9.17) is 16.3 Å². The molecule has 1 spiro atoms. The van der Waals surface area contributed by atoms with E-state index in [2.05, 4.69) is 51.6 Å². The Morgan fingerprint density at radius 2 is 1.91 bits per heavy atom. The van der Waals surface area contributed by atoms with E-state index in [0.717, 1.165) is 87.2 Å². The van der Waals surface area contributed by atoms with Gasteiger partial charge in [0.05, 0.1) is 25.0 Å². The quantitative estimate of drug-likeness (QED) is 0.583. The summed E-state index contributed by atoms with van der Waals surface area (Å²) in [6.07, 6.45) is 6.36. The minimum Gasteiger partial charge on any atom is -0.380 e. The van der Waals surface area contributed by atoms with Crippen molar-refractivity contribution in [3.63, 3.8) is 0 Å². The third-order valence-electron chi connectivity index (χ3n) is 7.40. The Bertz CT molecular complexity index is 1180. The molecule has 6 heterocycles. The van der Waals surface area contributed by atoms with Crippen molar-refractivity contribution in [2.45, 2.75) is 25.6 Å². The van der Waals surface area contributed by atoms with Gasteiger partial charge in [0.1, 0.15) is 5.82 Å². The van der Waals surface area contributed by atoms with Gasteiger partial charge < -0.3 is 14.5 Å². The van der Waals surface area contributed by atoms with E-state index in [1.165, 1.54) is 5.56 Å². The van der Waals surface area contributed by atoms with Crippen molar-refractivity contribution in [2.75, 3.05) is 49.2 Å². The number of fused-ring (bicyclic) bond motifs is 3. The van der Waals surface area contributed by atoms with Crippen molar-refractivity contribution < 1.29 is 4.74 Å². The molecule has 0 N–H and O–H groups in total. The molecule has 4 aliphatic rings. The maximum absolute atomic E-state index is 6.40. The van der Waals surface area contributed by atoms with Crippen molar-refractivity contribution in [1.29, 1.82) is 0 Å². The van der Waals surface area contributed by atoms with Crippen LogP contribution in [-0.2, 0) is 17.8 Å². The zero-order valence-corrected chi connectivity index (χ0v) is 19.0. The highest BCUT2D eigenvalue weighted by atomic mass is 35.5. The molecule has 0 aliphatic carbocycles. The van der Waals surface area contributed by atoms with Gasteiger partial charge in [-0.1, -0.05) is 11.6 Å². The standard InChI is InChI=1S/C23H25ClN8O/c24-17-1-2-19-16(7-17)9-29(18-3-6-33-11-18)10-21-27-28-22(32(19)21)31-14-23(15-31)12-30(13-23)20-8-25-4-5-26-20/h1-2,4-5,7-8,18H,3,6,9-15H2/t18-/m0/s1. The number of nitrogens with zero attached hydrogens (tertiary/aromatic N) is 8. The van der Waals surface area contributed by atoms with Crippen LogP contribution in [0, 0.1) is 5.41 Å². The highest BCUT2D eigenvalue weighted by Crippen LogP contribution is 2.44. The summed E-state index contributed by atoms with van der Waals surface area (Å²) in [7, 11) is 0. The highest BCUT2D eigenvalue weighted by Gasteiger charge is 2.53. The number of ether oxygens (including phenoxy) is 1. The number of hydrogen-bond acceptors (Lipinski definition) is 8. The summed E-state index contributed by atoms with van der Waals surface area (Å²) in [6.45, 7) is 7.15. The third kappa shape index (κ3) is 3.21. The molecule has 3 saturated heterocycles. The van der Waals surface area contributed by atoms with Crippen LogP contribution in [0.3, 0.4) is 0 Å². The van der Waals surface area contributed by atoms with Gasteiger partial charge >= 0.3 is 0 Å². The van der Waals surface area contributed by atoms with E-state index in [1.807, 2.05) is 12.3 Å². The molecule has 3 fully saturated rings. The summed E-state index contributed by atoms with van der Waals surface area (Å²) >= 11 is 6.40. The molecule has 33 heavy (non-hydrogen) atoms. The zero-order valence-electron chi connectivity index (χ0n) is 18.3. The van der Waals surface area contributed by atoms with E-state index in [1.54, 1.807) is 12.4 Å². The normalized spacial score (nSPS) is 23.6. The van der Waals surface area contributed by atoms with Gasteiger partial charge in [-0.15, -0.1) is 10.2 Å². The number of aromatic nitrogens is 5. The predicted octanol–water partition coefficient (Wildman–Crippen LogP) is 2.14. The molecular weight excluding hydrogens is 440 g/mol. The first-order valence-electron chi connectivity index (χ1n) is 11.5. The van der Waals surface area contributed by atoms with Crippen molar-refractivity contribution in [1.82, 2.24) is 29.6 Å². The topological polar surface area (TPSA) is 75.4 Å². The Hall–Kier alpha value is -2.75. The summed E-state index contributed by atoms with van der Waals surface area (Å²) in [5.41, 5.74) is 2.64. The molecule has 0 bridgehead atoms. The van der Waals surface area contributed by atoms with E-state index >= 15 is 0 Å². The minimum absolute atomic E-state index is 0.296. The molecule has 7 rings (SSSR count). The number of rotatable bonds is 3. The molecule has 0 unspecified atom stereocenters. The van der Waals surface area contributed by atoms with Gasteiger partial charge in [0.15, 0.2) is 5.82 Å².